The van der Waals surface area contributed by atoms with Crippen LogP contribution in [-0.2, 0) is 26.5 Å². The van der Waals surface area contributed by atoms with Gasteiger partial charge in [-0.2, -0.15) is 0 Å². The van der Waals surface area contributed by atoms with Gasteiger partial charge in [-0.1, -0.05) is 51.1 Å². The Labute approximate surface area is 150 Å². The molecule has 1 amide bonds. The fourth-order valence-electron chi connectivity index (χ4n) is 2.46. The van der Waals surface area contributed by atoms with E-state index >= 15 is 0 Å². The van der Waals surface area contributed by atoms with E-state index in [2.05, 4.69) is 50.4 Å². The third-order valence-corrected chi connectivity index (χ3v) is 5.12. The molecule has 5 heteroatoms. The first-order valence-electron chi connectivity index (χ1n) is 8.25. The predicted octanol–water partition coefficient (Wildman–Crippen LogP) is 3.96. The maximum absolute atomic E-state index is 12.1. The van der Waals surface area contributed by atoms with E-state index in [1.54, 1.807) is 12.1 Å². The van der Waals surface area contributed by atoms with Crippen molar-refractivity contribution in [2.24, 2.45) is 0 Å². The van der Waals surface area contributed by atoms with Crippen LogP contribution in [0.25, 0.3) is 0 Å². The summed E-state index contributed by atoms with van der Waals surface area (Å²) in [5.74, 6) is -0.134. The molecule has 0 aromatic heterocycles. The molecule has 2 aromatic carbocycles. The minimum atomic E-state index is -3.28. The number of hydrogen-bond acceptors (Lipinski definition) is 3. The number of aryl methyl sites for hydroxylation is 1. The Morgan fingerprint density at radius 3 is 2.24 bits per heavy atom. The number of nitrogens with one attached hydrogen (secondary N) is 1. The van der Waals surface area contributed by atoms with Gasteiger partial charge < -0.3 is 5.32 Å². The van der Waals surface area contributed by atoms with Gasteiger partial charge in [0.25, 0.3) is 0 Å². The van der Waals surface area contributed by atoms with Crippen molar-refractivity contribution in [3.8, 4) is 0 Å². The predicted molar refractivity (Wildman–Crippen MR) is 102 cm³/mol. The molecule has 4 nitrogen and oxygen atoms in total. The van der Waals surface area contributed by atoms with Gasteiger partial charge in [0, 0.05) is 18.4 Å². The summed E-state index contributed by atoms with van der Waals surface area (Å²) in [5.41, 5.74) is 2.97. The maximum atomic E-state index is 12.1. The molecule has 0 aliphatic heterocycles. The van der Waals surface area contributed by atoms with E-state index in [1.165, 1.54) is 17.7 Å². The molecule has 0 fully saturated rings. The Morgan fingerprint density at radius 2 is 1.68 bits per heavy atom. The van der Waals surface area contributed by atoms with Crippen LogP contribution in [-0.4, -0.2) is 20.6 Å². The van der Waals surface area contributed by atoms with Gasteiger partial charge in [0.1, 0.15) is 0 Å². The molecule has 2 aromatic rings. The molecule has 0 bridgehead atoms. The zero-order chi connectivity index (χ0) is 18.7. The molecule has 0 saturated heterocycles. The highest BCUT2D eigenvalue weighted by Gasteiger charge is 2.13. The van der Waals surface area contributed by atoms with Crippen molar-refractivity contribution in [3.05, 3.63) is 59.7 Å². The largest absolute Gasteiger partial charge is 0.326 e. The van der Waals surface area contributed by atoms with E-state index in [-0.39, 0.29) is 16.2 Å². The Morgan fingerprint density at radius 1 is 1.04 bits per heavy atom. The van der Waals surface area contributed by atoms with Crippen LogP contribution in [0.15, 0.2) is 53.4 Å². The number of rotatable bonds is 5. The summed E-state index contributed by atoms with van der Waals surface area (Å²) in [6.07, 6.45) is 2.13. The number of carbonyl (C=O) groups excluding carboxylic acids is 1. The number of hydrogen-bond donors (Lipinski definition) is 1. The average molecular weight is 359 g/mol. The minimum Gasteiger partial charge on any atom is -0.326 e. The highest BCUT2D eigenvalue weighted by molar-refractivity contribution is 7.90. The topological polar surface area (TPSA) is 63.2 Å². The first-order chi connectivity index (χ1) is 11.6. The first-order valence-corrected chi connectivity index (χ1v) is 10.1. The molecule has 0 saturated carbocycles. The molecule has 0 spiro atoms. The summed E-state index contributed by atoms with van der Waals surface area (Å²) in [6, 6.07) is 14.6. The van der Waals surface area contributed by atoms with Crippen molar-refractivity contribution in [2.75, 3.05) is 11.6 Å². The Hall–Kier alpha value is -2.14. The van der Waals surface area contributed by atoms with Gasteiger partial charge in [-0.05, 0) is 41.2 Å². The standard InChI is InChI=1S/C20H25NO3S/c1-20(2,3)16-11-8-15(9-12-16)10-13-19(22)21-17-6-5-7-18(14-17)25(4,23)24/h5-9,11-12,14H,10,13H2,1-4H3,(H,21,22). The smallest absolute Gasteiger partial charge is 0.224 e. The van der Waals surface area contributed by atoms with Crippen LogP contribution < -0.4 is 5.32 Å². The third-order valence-electron chi connectivity index (χ3n) is 4.01. The van der Waals surface area contributed by atoms with Crippen molar-refractivity contribution < 1.29 is 13.2 Å². The SMILES string of the molecule is CC(C)(C)c1ccc(CCC(=O)Nc2cccc(S(C)(=O)=O)c2)cc1. The maximum Gasteiger partial charge on any atom is 0.224 e. The summed E-state index contributed by atoms with van der Waals surface area (Å²) in [7, 11) is -3.28. The minimum absolute atomic E-state index is 0.112. The molecule has 1 N–H and O–H groups in total. The third kappa shape index (κ3) is 5.71. The van der Waals surface area contributed by atoms with Crippen molar-refractivity contribution in [1.82, 2.24) is 0 Å². The number of sulfone groups is 1. The molecule has 0 atom stereocenters. The summed E-state index contributed by atoms with van der Waals surface area (Å²) in [4.78, 5) is 12.3. The molecule has 0 radical (unpaired) electrons. The highest BCUT2D eigenvalue weighted by Crippen LogP contribution is 2.22. The lowest BCUT2D eigenvalue weighted by Crippen LogP contribution is -2.13. The van der Waals surface area contributed by atoms with Crippen LogP contribution in [0.4, 0.5) is 5.69 Å². The van der Waals surface area contributed by atoms with E-state index in [0.29, 0.717) is 18.5 Å². The van der Waals surface area contributed by atoms with Crippen molar-refractivity contribution >= 4 is 21.4 Å². The lowest BCUT2D eigenvalue weighted by Gasteiger charge is -2.19. The van der Waals surface area contributed by atoms with E-state index in [4.69, 9.17) is 0 Å². The summed E-state index contributed by atoms with van der Waals surface area (Å²) >= 11 is 0. The second-order valence-corrected chi connectivity index (χ2v) is 9.31. The first kappa shape index (κ1) is 19.2. The lowest BCUT2D eigenvalue weighted by molar-refractivity contribution is -0.116. The zero-order valence-electron chi connectivity index (χ0n) is 15.2. The van der Waals surface area contributed by atoms with Crippen LogP contribution >= 0.6 is 0 Å². The van der Waals surface area contributed by atoms with Crippen molar-refractivity contribution in [2.45, 2.75) is 43.9 Å². The molecule has 2 rings (SSSR count). The van der Waals surface area contributed by atoms with Gasteiger partial charge >= 0.3 is 0 Å². The zero-order valence-corrected chi connectivity index (χ0v) is 16.0. The summed E-state index contributed by atoms with van der Waals surface area (Å²) in [6.45, 7) is 6.50. The molecular weight excluding hydrogens is 334 g/mol. The number of benzene rings is 2. The van der Waals surface area contributed by atoms with Gasteiger partial charge in [-0.25, -0.2) is 8.42 Å². The van der Waals surface area contributed by atoms with Gasteiger partial charge in [-0.15, -0.1) is 0 Å². The quantitative estimate of drug-likeness (QED) is 0.879. The Balaban J connectivity index is 1.95. The van der Waals surface area contributed by atoms with Crippen LogP contribution in [0.3, 0.4) is 0 Å². The van der Waals surface area contributed by atoms with Gasteiger partial charge in [0.2, 0.25) is 5.91 Å². The van der Waals surface area contributed by atoms with Crippen LogP contribution in [0.1, 0.15) is 38.3 Å². The molecule has 0 aliphatic rings. The second kappa shape index (κ2) is 7.40. The monoisotopic (exact) mass is 359 g/mol. The lowest BCUT2D eigenvalue weighted by atomic mass is 9.86. The fraction of sp³-hybridized carbons (Fsp3) is 0.350. The number of anilines is 1. The Kier molecular flexibility index (Phi) is 5.68. The van der Waals surface area contributed by atoms with E-state index in [0.717, 1.165) is 11.8 Å². The van der Waals surface area contributed by atoms with Crippen LogP contribution in [0.5, 0.6) is 0 Å². The molecule has 134 valence electrons. The van der Waals surface area contributed by atoms with E-state index in [1.807, 2.05) is 0 Å². The number of amides is 1. The molecule has 0 heterocycles. The molecule has 25 heavy (non-hydrogen) atoms. The molecule has 0 aliphatic carbocycles. The summed E-state index contributed by atoms with van der Waals surface area (Å²) < 4.78 is 23.1. The fourth-order valence-corrected chi connectivity index (χ4v) is 3.12. The van der Waals surface area contributed by atoms with Gasteiger partial charge in [0.05, 0.1) is 4.90 Å². The van der Waals surface area contributed by atoms with Crippen LogP contribution in [0, 0.1) is 0 Å². The number of carbonyl (C=O) groups is 1. The summed E-state index contributed by atoms with van der Waals surface area (Å²) in [5, 5.41) is 2.76. The second-order valence-electron chi connectivity index (χ2n) is 7.30. The molecular formula is C20H25NO3S. The van der Waals surface area contributed by atoms with E-state index in [9.17, 15) is 13.2 Å². The van der Waals surface area contributed by atoms with Crippen LogP contribution in [0.2, 0.25) is 0 Å². The van der Waals surface area contributed by atoms with Crippen molar-refractivity contribution in [1.29, 1.82) is 0 Å². The average Bonchev–Trinajstić information content (AvgIpc) is 2.52. The van der Waals surface area contributed by atoms with Gasteiger partial charge in [0.15, 0.2) is 9.84 Å². The van der Waals surface area contributed by atoms with Gasteiger partial charge in [-0.3, -0.25) is 4.79 Å². The van der Waals surface area contributed by atoms with Crippen molar-refractivity contribution in [3.63, 3.8) is 0 Å². The molecule has 0 unspecified atom stereocenters. The van der Waals surface area contributed by atoms with E-state index < -0.39 is 9.84 Å². The highest BCUT2D eigenvalue weighted by atomic mass is 32.2. The Bertz CT molecular complexity index is 847. The normalized spacial score (nSPS) is 12.0.